The molecule has 1 aliphatic heterocycles. The first-order valence-corrected chi connectivity index (χ1v) is 10.0. The van der Waals surface area contributed by atoms with Crippen molar-refractivity contribution < 1.29 is 9.18 Å². The first-order valence-electron chi connectivity index (χ1n) is 8.85. The van der Waals surface area contributed by atoms with Crippen LogP contribution in [0.1, 0.15) is 18.5 Å². The topological polar surface area (TPSA) is 50.2 Å². The molecule has 1 saturated heterocycles. The van der Waals surface area contributed by atoms with E-state index in [1.165, 1.54) is 12.1 Å². The SMILES string of the molecule is CN(C)C1(C(=O)NCCc2ccn(-c3ccc(F)cc3)n2)CCCSC1. The molecule has 1 aromatic heterocycles. The van der Waals surface area contributed by atoms with E-state index < -0.39 is 5.54 Å². The van der Waals surface area contributed by atoms with E-state index >= 15 is 0 Å². The van der Waals surface area contributed by atoms with Gasteiger partial charge in [-0.05, 0) is 63.0 Å². The van der Waals surface area contributed by atoms with Crippen LogP contribution in [0.15, 0.2) is 36.5 Å². The van der Waals surface area contributed by atoms with Crippen LogP contribution in [-0.4, -0.2) is 58.3 Å². The third kappa shape index (κ3) is 4.10. The summed E-state index contributed by atoms with van der Waals surface area (Å²) >= 11 is 1.85. The van der Waals surface area contributed by atoms with Crippen molar-refractivity contribution in [2.24, 2.45) is 0 Å². The molecule has 1 aliphatic rings. The molecule has 1 aromatic carbocycles. The fourth-order valence-electron chi connectivity index (χ4n) is 3.22. The van der Waals surface area contributed by atoms with Crippen LogP contribution in [-0.2, 0) is 11.2 Å². The number of nitrogens with one attached hydrogen (secondary N) is 1. The van der Waals surface area contributed by atoms with Crippen molar-refractivity contribution >= 4 is 17.7 Å². The van der Waals surface area contributed by atoms with Crippen LogP contribution in [0.2, 0.25) is 0 Å². The van der Waals surface area contributed by atoms with Crippen molar-refractivity contribution in [3.05, 3.63) is 48.0 Å². The smallest absolute Gasteiger partial charge is 0.241 e. The van der Waals surface area contributed by atoms with Crippen LogP contribution in [0.3, 0.4) is 0 Å². The van der Waals surface area contributed by atoms with Crippen molar-refractivity contribution in [2.75, 3.05) is 32.1 Å². The van der Waals surface area contributed by atoms with Gasteiger partial charge in [-0.3, -0.25) is 9.69 Å². The summed E-state index contributed by atoms with van der Waals surface area (Å²) in [5.41, 5.74) is 1.30. The maximum absolute atomic E-state index is 13.0. The number of amides is 1. The van der Waals surface area contributed by atoms with E-state index in [4.69, 9.17) is 0 Å². The Labute approximate surface area is 157 Å². The first-order chi connectivity index (χ1) is 12.5. The minimum atomic E-state index is -0.406. The van der Waals surface area contributed by atoms with Crippen molar-refractivity contribution in [3.8, 4) is 5.69 Å². The van der Waals surface area contributed by atoms with Crippen molar-refractivity contribution in [3.63, 3.8) is 0 Å². The van der Waals surface area contributed by atoms with Crippen LogP contribution in [0.4, 0.5) is 4.39 Å². The molecule has 1 fully saturated rings. The lowest BCUT2D eigenvalue weighted by atomic mass is 9.92. The summed E-state index contributed by atoms with van der Waals surface area (Å²) in [6, 6.07) is 8.14. The molecule has 2 heterocycles. The van der Waals surface area contributed by atoms with Gasteiger partial charge in [0.05, 0.1) is 11.4 Å². The summed E-state index contributed by atoms with van der Waals surface area (Å²) < 4.78 is 14.7. The first kappa shape index (κ1) is 18.9. The Morgan fingerprint density at radius 2 is 2.12 bits per heavy atom. The molecule has 2 aromatic rings. The van der Waals surface area contributed by atoms with Crippen molar-refractivity contribution in [1.29, 1.82) is 0 Å². The van der Waals surface area contributed by atoms with E-state index in [-0.39, 0.29) is 11.7 Å². The zero-order chi connectivity index (χ0) is 18.6. The van der Waals surface area contributed by atoms with Gasteiger partial charge in [0.2, 0.25) is 5.91 Å². The quantitative estimate of drug-likeness (QED) is 0.842. The summed E-state index contributed by atoms with van der Waals surface area (Å²) in [7, 11) is 3.96. The van der Waals surface area contributed by atoms with Gasteiger partial charge in [0.15, 0.2) is 0 Å². The average molecular weight is 377 g/mol. The van der Waals surface area contributed by atoms with Gasteiger partial charge >= 0.3 is 0 Å². The third-order valence-electron chi connectivity index (χ3n) is 4.90. The third-order valence-corrected chi connectivity index (χ3v) is 6.16. The molecule has 1 unspecified atom stereocenters. The normalized spacial score (nSPS) is 20.3. The van der Waals surface area contributed by atoms with Crippen LogP contribution >= 0.6 is 11.8 Å². The van der Waals surface area contributed by atoms with E-state index in [0.29, 0.717) is 13.0 Å². The molecule has 7 heteroatoms. The number of carbonyl (C=O) groups excluding carboxylic acids is 1. The Hall–Kier alpha value is -1.86. The van der Waals surface area contributed by atoms with Gasteiger partial charge in [0, 0.05) is 24.9 Å². The fraction of sp³-hybridized carbons (Fsp3) is 0.474. The van der Waals surface area contributed by atoms with Gasteiger partial charge in [-0.1, -0.05) is 0 Å². The molecule has 0 spiro atoms. The van der Waals surface area contributed by atoms with E-state index in [2.05, 4.69) is 15.3 Å². The number of halogens is 1. The molecule has 140 valence electrons. The predicted molar refractivity (Wildman–Crippen MR) is 103 cm³/mol. The highest BCUT2D eigenvalue weighted by Gasteiger charge is 2.41. The second kappa shape index (κ2) is 8.22. The summed E-state index contributed by atoms with van der Waals surface area (Å²) in [5.74, 6) is 1.81. The van der Waals surface area contributed by atoms with E-state index in [1.807, 2.05) is 38.1 Å². The largest absolute Gasteiger partial charge is 0.354 e. The van der Waals surface area contributed by atoms with E-state index in [9.17, 15) is 9.18 Å². The molecular weight excluding hydrogens is 351 g/mol. The molecule has 1 N–H and O–H groups in total. The van der Waals surface area contributed by atoms with Gasteiger partial charge < -0.3 is 5.32 Å². The van der Waals surface area contributed by atoms with Gasteiger partial charge in [0.25, 0.3) is 0 Å². The molecule has 1 atom stereocenters. The average Bonchev–Trinajstić information content (AvgIpc) is 3.11. The maximum atomic E-state index is 13.0. The van der Waals surface area contributed by atoms with Gasteiger partial charge in [0.1, 0.15) is 11.4 Å². The second-order valence-corrected chi connectivity index (χ2v) is 7.92. The fourth-order valence-corrected chi connectivity index (χ4v) is 4.58. The maximum Gasteiger partial charge on any atom is 0.241 e. The minimum absolute atomic E-state index is 0.104. The molecular formula is C19H25FN4OS. The summed E-state index contributed by atoms with van der Waals surface area (Å²) in [4.78, 5) is 14.8. The minimum Gasteiger partial charge on any atom is -0.354 e. The van der Waals surface area contributed by atoms with Crippen molar-refractivity contribution in [2.45, 2.75) is 24.8 Å². The molecule has 26 heavy (non-hydrogen) atoms. The number of thioether (sulfide) groups is 1. The number of nitrogens with zero attached hydrogens (tertiary/aromatic N) is 3. The molecule has 5 nitrogen and oxygen atoms in total. The Bertz CT molecular complexity index is 738. The van der Waals surface area contributed by atoms with Crippen molar-refractivity contribution in [1.82, 2.24) is 20.0 Å². The van der Waals surface area contributed by atoms with Crippen LogP contribution in [0, 0.1) is 5.82 Å². The zero-order valence-corrected chi connectivity index (χ0v) is 16.1. The monoisotopic (exact) mass is 376 g/mol. The zero-order valence-electron chi connectivity index (χ0n) is 15.2. The summed E-state index contributed by atoms with van der Waals surface area (Å²) in [5, 5.41) is 7.59. The standard InChI is InChI=1S/C19H25FN4OS/c1-23(2)19(10-3-13-26-14-19)18(25)21-11-8-16-9-12-24(22-16)17-6-4-15(20)5-7-17/h4-7,9,12H,3,8,10-11,13-14H2,1-2H3,(H,21,25). The number of hydrogen-bond acceptors (Lipinski definition) is 4. The van der Waals surface area contributed by atoms with E-state index in [1.54, 1.807) is 16.8 Å². The Morgan fingerprint density at radius 3 is 2.77 bits per heavy atom. The highest BCUT2D eigenvalue weighted by atomic mass is 32.2. The van der Waals surface area contributed by atoms with Gasteiger partial charge in [-0.25, -0.2) is 9.07 Å². The molecule has 0 radical (unpaired) electrons. The van der Waals surface area contributed by atoms with Crippen LogP contribution in [0.25, 0.3) is 5.69 Å². The lowest BCUT2D eigenvalue weighted by Crippen LogP contribution is -2.59. The molecule has 0 bridgehead atoms. The number of rotatable bonds is 6. The lowest BCUT2D eigenvalue weighted by molar-refractivity contribution is -0.131. The Morgan fingerprint density at radius 1 is 1.35 bits per heavy atom. The van der Waals surface area contributed by atoms with Gasteiger partial charge in [-0.15, -0.1) is 0 Å². The number of benzene rings is 1. The van der Waals surface area contributed by atoms with Gasteiger partial charge in [-0.2, -0.15) is 16.9 Å². The van der Waals surface area contributed by atoms with Crippen LogP contribution in [0.5, 0.6) is 0 Å². The number of aromatic nitrogens is 2. The predicted octanol–water partition coefficient (Wildman–Crippen LogP) is 2.50. The molecule has 0 saturated carbocycles. The number of hydrogen-bond donors (Lipinski definition) is 1. The summed E-state index contributed by atoms with van der Waals surface area (Å²) in [6.45, 7) is 0.555. The van der Waals surface area contributed by atoms with Crippen LogP contribution < -0.4 is 5.32 Å². The number of carbonyl (C=O) groups is 1. The Kier molecular flexibility index (Phi) is 5.98. The Balaban J connectivity index is 1.56. The highest BCUT2D eigenvalue weighted by molar-refractivity contribution is 7.99. The second-order valence-electron chi connectivity index (χ2n) is 6.82. The molecule has 1 amide bonds. The molecule has 3 rings (SSSR count). The van der Waals surface area contributed by atoms with E-state index in [0.717, 1.165) is 35.7 Å². The molecule has 0 aliphatic carbocycles. The summed E-state index contributed by atoms with van der Waals surface area (Å²) in [6.07, 6.45) is 4.48. The number of likely N-dealkylation sites (N-methyl/N-ethyl adjacent to an activating group) is 1. The highest BCUT2D eigenvalue weighted by Crippen LogP contribution is 2.30. The lowest BCUT2D eigenvalue weighted by Gasteiger charge is -2.40.